The minimum atomic E-state index is 0.0357. The quantitative estimate of drug-likeness (QED) is 0.719. The van der Waals surface area contributed by atoms with E-state index in [0.29, 0.717) is 17.5 Å². The molecule has 1 aromatic carbocycles. The topological polar surface area (TPSA) is 57.8 Å². The Morgan fingerprint density at radius 2 is 2.18 bits per heavy atom. The Kier molecular flexibility index (Phi) is 4.24. The SMILES string of the molecule is CC(C)CCC(=O)Nc1nc(-c2c[nH]c3ccccc23)cs1. The van der Waals surface area contributed by atoms with Crippen molar-refractivity contribution >= 4 is 33.3 Å². The standard InChI is InChI=1S/C17H19N3OS/c1-11(2)7-8-16(21)20-17-19-15(10-22-17)13-9-18-14-6-4-3-5-12(13)14/h3-6,9-11,18H,7-8H2,1-2H3,(H,19,20,21). The molecule has 2 heterocycles. The molecule has 2 aromatic heterocycles. The van der Waals surface area contributed by atoms with Gasteiger partial charge in [0, 0.05) is 34.5 Å². The average Bonchev–Trinajstić information content (AvgIpc) is 3.11. The number of nitrogens with zero attached hydrogens (tertiary/aromatic N) is 1. The summed E-state index contributed by atoms with van der Waals surface area (Å²) in [5.74, 6) is 0.567. The molecular formula is C17H19N3OS. The zero-order chi connectivity index (χ0) is 15.5. The van der Waals surface area contributed by atoms with E-state index in [9.17, 15) is 4.79 Å². The summed E-state index contributed by atoms with van der Waals surface area (Å²) in [5, 5.41) is 6.67. The molecule has 3 rings (SSSR count). The van der Waals surface area contributed by atoms with Crippen molar-refractivity contribution in [1.82, 2.24) is 9.97 Å². The van der Waals surface area contributed by atoms with Gasteiger partial charge in [0.1, 0.15) is 0 Å². The molecule has 0 fully saturated rings. The van der Waals surface area contributed by atoms with Crippen LogP contribution in [0.15, 0.2) is 35.8 Å². The van der Waals surface area contributed by atoms with Crippen LogP contribution in [0.3, 0.4) is 0 Å². The Morgan fingerprint density at radius 1 is 1.36 bits per heavy atom. The first-order valence-electron chi connectivity index (χ1n) is 7.45. The Hall–Kier alpha value is -2.14. The maximum Gasteiger partial charge on any atom is 0.226 e. The molecule has 2 N–H and O–H groups in total. The van der Waals surface area contributed by atoms with E-state index in [1.54, 1.807) is 0 Å². The summed E-state index contributed by atoms with van der Waals surface area (Å²) in [6.45, 7) is 4.23. The minimum absolute atomic E-state index is 0.0357. The van der Waals surface area contributed by atoms with Crippen LogP contribution in [0, 0.1) is 5.92 Å². The van der Waals surface area contributed by atoms with Gasteiger partial charge in [0.2, 0.25) is 5.91 Å². The first kappa shape index (κ1) is 14.8. The Bertz CT molecular complexity index is 788. The van der Waals surface area contributed by atoms with E-state index < -0.39 is 0 Å². The van der Waals surface area contributed by atoms with Crippen molar-refractivity contribution in [2.45, 2.75) is 26.7 Å². The van der Waals surface area contributed by atoms with E-state index in [1.807, 2.05) is 29.8 Å². The van der Waals surface area contributed by atoms with Crippen LogP contribution in [-0.2, 0) is 4.79 Å². The molecule has 0 aliphatic carbocycles. The summed E-state index contributed by atoms with van der Waals surface area (Å²) >= 11 is 1.46. The van der Waals surface area contributed by atoms with Gasteiger partial charge in [-0.05, 0) is 18.4 Å². The number of carbonyl (C=O) groups is 1. The van der Waals surface area contributed by atoms with Gasteiger partial charge in [0.25, 0.3) is 0 Å². The van der Waals surface area contributed by atoms with Gasteiger partial charge in [-0.3, -0.25) is 4.79 Å². The second kappa shape index (κ2) is 6.32. The monoisotopic (exact) mass is 313 g/mol. The number of anilines is 1. The molecule has 0 atom stereocenters. The van der Waals surface area contributed by atoms with Crippen molar-refractivity contribution in [3.8, 4) is 11.3 Å². The van der Waals surface area contributed by atoms with Gasteiger partial charge in [0.15, 0.2) is 5.13 Å². The van der Waals surface area contributed by atoms with Crippen LogP contribution in [0.1, 0.15) is 26.7 Å². The Labute approximate surface area is 133 Å². The highest BCUT2D eigenvalue weighted by atomic mass is 32.1. The molecule has 4 nitrogen and oxygen atoms in total. The van der Waals surface area contributed by atoms with E-state index in [0.717, 1.165) is 28.6 Å². The van der Waals surface area contributed by atoms with Crippen LogP contribution in [0.4, 0.5) is 5.13 Å². The number of para-hydroxylation sites is 1. The number of nitrogens with one attached hydrogen (secondary N) is 2. The summed E-state index contributed by atoms with van der Waals surface area (Å²) in [6, 6.07) is 8.13. The third kappa shape index (κ3) is 3.20. The third-order valence-electron chi connectivity index (χ3n) is 3.56. The number of rotatable bonds is 5. The zero-order valence-electron chi connectivity index (χ0n) is 12.7. The molecule has 5 heteroatoms. The van der Waals surface area contributed by atoms with E-state index in [1.165, 1.54) is 11.3 Å². The van der Waals surface area contributed by atoms with Gasteiger partial charge in [-0.15, -0.1) is 11.3 Å². The summed E-state index contributed by atoms with van der Waals surface area (Å²) in [6.07, 6.45) is 3.40. The molecular weight excluding hydrogens is 294 g/mol. The van der Waals surface area contributed by atoms with Crippen molar-refractivity contribution < 1.29 is 4.79 Å². The maximum atomic E-state index is 11.9. The highest BCUT2D eigenvalue weighted by molar-refractivity contribution is 7.14. The number of benzene rings is 1. The van der Waals surface area contributed by atoms with Gasteiger partial charge < -0.3 is 10.3 Å². The number of hydrogen-bond acceptors (Lipinski definition) is 3. The molecule has 1 amide bonds. The molecule has 0 aliphatic rings. The number of thiazole rings is 1. The number of amides is 1. The van der Waals surface area contributed by atoms with Crippen LogP contribution in [0.5, 0.6) is 0 Å². The summed E-state index contributed by atoms with van der Waals surface area (Å²) in [7, 11) is 0. The van der Waals surface area contributed by atoms with E-state index in [2.05, 4.69) is 35.2 Å². The number of aromatic nitrogens is 2. The summed E-state index contributed by atoms with van der Waals surface area (Å²) in [5.41, 5.74) is 3.05. The number of H-pyrrole nitrogens is 1. The van der Waals surface area contributed by atoms with Gasteiger partial charge in [-0.2, -0.15) is 0 Å². The second-order valence-corrected chi connectivity index (χ2v) is 6.62. The molecule has 3 aromatic rings. The lowest BCUT2D eigenvalue weighted by molar-refractivity contribution is -0.116. The molecule has 0 saturated carbocycles. The predicted molar refractivity (Wildman–Crippen MR) is 92.1 cm³/mol. The fraction of sp³-hybridized carbons (Fsp3) is 0.294. The van der Waals surface area contributed by atoms with Crippen LogP contribution < -0.4 is 5.32 Å². The van der Waals surface area contributed by atoms with Crippen LogP contribution in [0.25, 0.3) is 22.2 Å². The minimum Gasteiger partial charge on any atom is -0.360 e. The lowest BCUT2D eigenvalue weighted by Crippen LogP contribution is -2.11. The first-order chi connectivity index (χ1) is 10.6. The average molecular weight is 313 g/mol. The number of hydrogen-bond donors (Lipinski definition) is 2. The van der Waals surface area contributed by atoms with Gasteiger partial charge in [-0.25, -0.2) is 4.98 Å². The van der Waals surface area contributed by atoms with Crippen LogP contribution in [0.2, 0.25) is 0 Å². The van der Waals surface area contributed by atoms with E-state index >= 15 is 0 Å². The smallest absolute Gasteiger partial charge is 0.226 e. The van der Waals surface area contributed by atoms with Crippen molar-refractivity contribution in [2.75, 3.05) is 5.32 Å². The molecule has 0 spiro atoms. The van der Waals surface area contributed by atoms with Crippen LogP contribution in [-0.4, -0.2) is 15.9 Å². The molecule has 0 radical (unpaired) electrons. The molecule has 0 unspecified atom stereocenters. The summed E-state index contributed by atoms with van der Waals surface area (Å²) in [4.78, 5) is 19.7. The highest BCUT2D eigenvalue weighted by Crippen LogP contribution is 2.30. The largest absolute Gasteiger partial charge is 0.360 e. The molecule has 0 aliphatic heterocycles. The van der Waals surface area contributed by atoms with E-state index in [4.69, 9.17) is 0 Å². The van der Waals surface area contributed by atoms with Gasteiger partial charge in [-0.1, -0.05) is 32.0 Å². The summed E-state index contributed by atoms with van der Waals surface area (Å²) < 4.78 is 0. The van der Waals surface area contributed by atoms with Gasteiger partial charge in [0.05, 0.1) is 5.69 Å². The number of fused-ring (bicyclic) bond motifs is 1. The van der Waals surface area contributed by atoms with Crippen molar-refractivity contribution in [3.63, 3.8) is 0 Å². The molecule has 114 valence electrons. The molecule has 22 heavy (non-hydrogen) atoms. The predicted octanol–water partition coefficient (Wildman–Crippen LogP) is 4.67. The zero-order valence-corrected chi connectivity index (χ0v) is 13.5. The molecule has 0 saturated heterocycles. The lowest BCUT2D eigenvalue weighted by Gasteiger charge is -2.03. The Balaban J connectivity index is 1.75. The fourth-order valence-corrected chi connectivity index (χ4v) is 3.07. The van der Waals surface area contributed by atoms with Gasteiger partial charge >= 0.3 is 0 Å². The Morgan fingerprint density at radius 3 is 3.00 bits per heavy atom. The van der Waals surface area contributed by atoms with Crippen LogP contribution >= 0.6 is 11.3 Å². The number of aromatic amines is 1. The van der Waals surface area contributed by atoms with Crippen molar-refractivity contribution in [3.05, 3.63) is 35.8 Å². The van der Waals surface area contributed by atoms with Crippen molar-refractivity contribution in [1.29, 1.82) is 0 Å². The van der Waals surface area contributed by atoms with Crippen molar-refractivity contribution in [2.24, 2.45) is 5.92 Å². The fourth-order valence-electron chi connectivity index (χ4n) is 2.34. The third-order valence-corrected chi connectivity index (χ3v) is 4.32. The second-order valence-electron chi connectivity index (χ2n) is 5.77. The van der Waals surface area contributed by atoms with E-state index in [-0.39, 0.29) is 5.91 Å². The maximum absolute atomic E-state index is 11.9. The number of carbonyl (C=O) groups excluding carboxylic acids is 1. The normalized spacial score (nSPS) is 11.2. The first-order valence-corrected chi connectivity index (χ1v) is 8.33. The lowest BCUT2D eigenvalue weighted by atomic mass is 10.1. The highest BCUT2D eigenvalue weighted by Gasteiger charge is 2.11. The molecule has 0 bridgehead atoms.